The smallest absolute Gasteiger partial charge is 0.336 e. The second-order valence-electron chi connectivity index (χ2n) is 5.09. The van der Waals surface area contributed by atoms with Crippen LogP contribution in [0.3, 0.4) is 0 Å². The lowest BCUT2D eigenvalue weighted by molar-refractivity contribution is -0.132. The van der Waals surface area contributed by atoms with Crippen molar-refractivity contribution in [3.05, 3.63) is 82.2 Å². The average molecular weight is 322 g/mol. The van der Waals surface area contributed by atoms with Gasteiger partial charge in [-0.1, -0.05) is 36.4 Å². The maximum Gasteiger partial charge on any atom is 0.336 e. The summed E-state index contributed by atoms with van der Waals surface area (Å²) in [6.07, 6.45) is 1.64. The zero-order chi connectivity index (χ0) is 16.9. The van der Waals surface area contributed by atoms with E-state index in [-0.39, 0.29) is 12.2 Å². The molecule has 24 heavy (non-hydrogen) atoms. The molecule has 2 aromatic carbocycles. The quantitative estimate of drug-likeness (QED) is 0.695. The van der Waals surface area contributed by atoms with Crippen molar-refractivity contribution in [2.24, 2.45) is 0 Å². The highest BCUT2D eigenvalue weighted by atomic mass is 16.5. The molecule has 0 radical (unpaired) electrons. The van der Waals surface area contributed by atoms with Crippen LogP contribution in [0, 0.1) is 0 Å². The van der Waals surface area contributed by atoms with Gasteiger partial charge in [0.15, 0.2) is 0 Å². The largest absolute Gasteiger partial charge is 0.488 e. The topological polar surface area (TPSA) is 76.7 Å². The lowest BCUT2D eigenvalue weighted by Gasteiger charge is -2.14. The van der Waals surface area contributed by atoms with Crippen molar-refractivity contribution in [3.63, 3.8) is 0 Å². The molecule has 5 nitrogen and oxygen atoms in total. The highest BCUT2D eigenvalue weighted by Gasteiger charge is 2.15. The molecule has 4 rings (SSSR count). The normalized spacial score (nSPS) is 12.2. The van der Waals surface area contributed by atoms with E-state index in [2.05, 4.69) is 0 Å². The second kappa shape index (κ2) is 6.83. The number of carbonyl (C=O) groups is 1. The van der Waals surface area contributed by atoms with Crippen LogP contribution in [0.25, 0.3) is 17.0 Å². The second-order valence-corrected chi connectivity index (χ2v) is 5.09. The zero-order valence-corrected chi connectivity index (χ0v) is 12.6. The molecule has 120 valence electrons. The van der Waals surface area contributed by atoms with Gasteiger partial charge in [-0.3, -0.25) is 0 Å². The van der Waals surface area contributed by atoms with Crippen LogP contribution < -0.4 is 10.4 Å². The number of para-hydroxylation sites is 2. The van der Waals surface area contributed by atoms with Crippen molar-refractivity contribution < 1.29 is 19.1 Å². The van der Waals surface area contributed by atoms with E-state index in [1.54, 1.807) is 18.2 Å². The van der Waals surface area contributed by atoms with Crippen molar-refractivity contribution in [1.29, 1.82) is 0 Å². The number of benzene rings is 2. The molecule has 0 amide bonds. The molecule has 0 bridgehead atoms. The maximum atomic E-state index is 10.7. The fraction of sp³-hybridized carbons (Fsp3) is 0.0526. The van der Waals surface area contributed by atoms with Crippen molar-refractivity contribution >= 4 is 23.0 Å². The Kier molecular flexibility index (Phi) is 4.43. The zero-order valence-electron chi connectivity index (χ0n) is 12.6. The lowest BCUT2D eigenvalue weighted by Crippen LogP contribution is -2.13. The van der Waals surface area contributed by atoms with Crippen molar-refractivity contribution in [3.8, 4) is 5.75 Å². The van der Waals surface area contributed by atoms with Gasteiger partial charge in [-0.2, -0.15) is 0 Å². The highest BCUT2D eigenvalue weighted by Crippen LogP contribution is 2.25. The number of hydrogen-bond acceptors (Lipinski definition) is 4. The van der Waals surface area contributed by atoms with Crippen LogP contribution in [0.1, 0.15) is 5.56 Å². The summed E-state index contributed by atoms with van der Waals surface area (Å²) in [5.74, 6) is -0.179. The van der Waals surface area contributed by atoms with Crippen molar-refractivity contribution in [2.45, 2.75) is 0 Å². The van der Waals surface area contributed by atoms with E-state index in [0.29, 0.717) is 11.2 Å². The Morgan fingerprint density at radius 2 is 1.71 bits per heavy atom. The highest BCUT2D eigenvalue weighted by molar-refractivity contribution is 5.93. The molecule has 0 fully saturated rings. The van der Waals surface area contributed by atoms with Gasteiger partial charge in [0.2, 0.25) is 0 Å². The molecule has 1 aliphatic heterocycles. The number of hydrogen-bond donors (Lipinski definition) is 1. The lowest BCUT2D eigenvalue weighted by atomic mass is 10.1. The number of aliphatic carboxylic acids is 1. The Hall–Kier alpha value is -3.34. The Morgan fingerprint density at radius 1 is 0.958 bits per heavy atom. The third-order valence-electron chi connectivity index (χ3n) is 3.44. The Bertz CT molecular complexity index is 968. The van der Waals surface area contributed by atoms with Gasteiger partial charge < -0.3 is 14.3 Å². The molecule has 3 aromatic rings. The van der Waals surface area contributed by atoms with E-state index in [1.807, 2.05) is 42.5 Å². The molecular weight excluding hydrogens is 308 g/mol. The Labute approximate surface area is 137 Å². The SMILES string of the molecule is O=C(O)C1=Cc2ccccc2OC1.O=c1ccc2ccccc2o1. The minimum absolute atomic E-state index is 0.145. The van der Waals surface area contributed by atoms with Crippen LogP contribution in [0.2, 0.25) is 0 Å². The van der Waals surface area contributed by atoms with Gasteiger partial charge in [-0.15, -0.1) is 0 Å². The summed E-state index contributed by atoms with van der Waals surface area (Å²) in [5.41, 5.74) is 1.45. The molecular formula is C19H14O5. The van der Waals surface area contributed by atoms with E-state index in [0.717, 1.165) is 16.7 Å². The minimum atomic E-state index is -0.922. The molecule has 0 spiro atoms. The van der Waals surface area contributed by atoms with Crippen LogP contribution >= 0.6 is 0 Å². The number of carboxylic acids is 1. The first-order chi connectivity index (χ1) is 11.6. The van der Waals surface area contributed by atoms with Crippen molar-refractivity contribution in [2.75, 3.05) is 6.61 Å². The van der Waals surface area contributed by atoms with E-state index in [1.165, 1.54) is 6.07 Å². The number of rotatable bonds is 1. The van der Waals surface area contributed by atoms with Crippen LogP contribution in [-0.2, 0) is 4.79 Å². The summed E-state index contributed by atoms with van der Waals surface area (Å²) in [6, 6.07) is 18.0. The summed E-state index contributed by atoms with van der Waals surface area (Å²) in [5, 5.41) is 9.67. The molecule has 0 unspecified atom stereocenters. The van der Waals surface area contributed by atoms with Crippen LogP contribution in [0.4, 0.5) is 0 Å². The van der Waals surface area contributed by atoms with E-state index in [9.17, 15) is 9.59 Å². The Balaban J connectivity index is 0.000000143. The number of fused-ring (bicyclic) bond motifs is 2. The average Bonchev–Trinajstić information content (AvgIpc) is 2.61. The minimum Gasteiger partial charge on any atom is -0.488 e. The predicted octanol–water partition coefficient (Wildman–Crippen LogP) is 3.34. The summed E-state index contributed by atoms with van der Waals surface area (Å²) in [6.45, 7) is 0.145. The maximum absolute atomic E-state index is 10.7. The third-order valence-corrected chi connectivity index (χ3v) is 3.44. The molecule has 0 saturated carbocycles. The van der Waals surface area contributed by atoms with Crippen LogP contribution in [0.5, 0.6) is 5.75 Å². The van der Waals surface area contributed by atoms with Gasteiger partial charge in [0.25, 0.3) is 0 Å². The fourth-order valence-corrected chi connectivity index (χ4v) is 2.25. The van der Waals surface area contributed by atoms with Gasteiger partial charge in [0, 0.05) is 17.0 Å². The molecule has 5 heteroatoms. The van der Waals surface area contributed by atoms with E-state index >= 15 is 0 Å². The van der Waals surface area contributed by atoms with E-state index in [4.69, 9.17) is 14.3 Å². The standard InChI is InChI=1S/C10H8O3.C9H6O2/c11-10(12)8-5-7-3-1-2-4-9(7)13-6-8;10-9-6-5-7-3-1-2-4-8(7)11-9/h1-5H,6H2,(H,11,12);1-6H. The number of carboxylic acid groups (broad SMARTS) is 1. The fourth-order valence-electron chi connectivity index (χ4n) is 2.25. The molecule has 2 heterocycles. The molecule has 1 aliphatic rings. The summed E-state index contributed by atoms with van der Waals surface area (Å²) < 4.78 is 10.2. The van der Waals surface area contributed by atoms with Crippen molar-refractivity contribution in [1.82, 2.24) is 0 Å². The van der Waals surface area contributed by atoms with Gasteiger partial charge in [0.1, 0.15) is 17.9 Å². The van der Waals surface area contributed by atoms with E-state index < -0.39 is 5.97 Å². The molecule has 0 atom stereocenters. The van der Waals surface area contributed by atoms with Gasteiger partial charge in [-0.05, 0) is 24.3 Å². The number of ether oxygens (including phenoxy) is 1. The first-order valence-corrected chi connectivity index (χ1v) is 7.28. The summed E-state index contributed by atoms with van der Waals surface area (Å²) in [4.78, 5) is 21.3. The molecule has 1 aromatic heterocycles. The molecule has 0 saturated heterocycles. The summed E-state index contributed by atoms with van der Waals surface area (Å²) >= 11 is 0. The predicted molar refractivity (Wildman–Crippen MR) is 90.0 cm³/mol. The van der Waals surface area contributed by atoms with Crippen LogP contribution in [-0.4, -0.2) is 17.7 Å². The third kappa shape index (κ3) is 3.52. The monoisotopic (exact) mass is 322 g/mol. The first-order valence-electron chi connectivity index (χ1n) is 7.28. The van der Waals surface area contributed by atoms with Crippen LogP contribution in [0.15, 0.2) is 75.4 Å². The first kappa shape index (κ1) is 15.6. The van der Waals surface area contributed by atoms with Gasteiger partial charge in [-0.25, -0.2) is 9.59 Å². The molecule has 1 N–H and O–H groups in total. The summed E-state index contributed by atoms with van der Waals surface area (Å²) in [7, 11) is 0. The molecule has 0 aliphatic carbocycles. The Morgan fingerprint density at radius 3 is 2.54 bits per heavy atom. The van der Waals surface area contributed by atoms with Gasteiger partial charge in [0.05, 0.1) is 5.57 Å². The van der Waals surface area contributed by atoms with Gasteiger partial charge >= 0.3 is 11.6 Å².